The smallest absolute Gasteiger partial charge is 0.328 e. The lowest BCUT2D eigenvalue weighted by Gasteiger charge is -1.98. The first kappa shape index (κ1) is 21.9. The Kier molecular flexibility index (Phi) is 17.3. The van der Waals surface area contributed by atoms with E-state index in [2.05, 4.69) is 19.1 Å². The van der Waals surface area contributed by atoms with Gasteiger partial charge in [0.15, 0.2) is 0 Å². The van der Waals surface area contributed by atoms with Crippen LogP contribution < -0.4 is 0 Å². The first-order valence-electron chi connectivity index (χ1n) is 9.00. The Labute approximate surface area is 147 Å². The quantitative estimate of drug-likeness (QED) is 0.223. The minimum Gasteiger partial charge on any atom is -0.478 e. The molecule has 132 valence electrons. The van der Waals surface area contributed by atoms with Gasteiger partial charge in [0.1, 0.15) is 0 Å². The zero-order chi connectivity index (χ0) is 17.7. The molecule has 0 spiro atoms. The first-order chi connectivity index (χ1) is 11.8. The van der Waals surface area contributed by atoms with Gasteiger partial charge in [-0.1, -0.05) is 112 Å². The fraction of sp³-hybridized carbons (Fsp3) is 0.409. The predicted molar refractivity (Wildman–Crippen MR) is 105 cm³/mol. The summed E-state index contributed by atoms with van der Waals surface area (Å²) in [5.41, 5.74) is 0. The molecule has 1 N–H and O–H groups in total. The van der Waals surface area contributed by atoms with E-state index < -0.39 is 5.97 Å². The predicted octanol–water partition coefficient (Wildman–Crippen LogP) is 6.55. The summed E-state index contributed by atoms with van der Waals surface area (Å²) in [5.74, 6) is -0.936. The molecule has 0 heterocycles. The van der Waals surface area contributed by atoms with E-state index in [4.69, 9.17) is 5.11 Å². The van der Waals surface area contributed by atoms with Gasteiger partial charge in [-0.05, 0) is 12.8 Å². The summed E-state index contributed by atoms with van der Waals surface area (Å²) in [5, 5.41) is 8.39. The van der Waals surface area contributed by atoms with Gasteiger partial charge in [0.25, 0.3) is 0 Å². The van der Waals surface area contributed by atoms with Crippen LogP contribution >= 0.6 is 0 Å². The number of rotatable bonds is 14. The molecule has 0 aliphatic rings. The molecular formula is C22H32O2. The Morgan fingerprint density at radius 1 is 0.667 bits per heavy atom. The normalized spacial score (nSPS) is 13.0. The van der Waals surface area contributed by atoms with Crippen molar-refractivity contribution in [1.82, 2.24) is 0 Å². The Morgan fingerprint density at radius 3 is 1.67 bits per heavy atom. The van der Waals surface area contributed by atoms with Gasteiger partial charge in [-0.3, -0.25) is 0 Å². The molecule has 0 saturated carbocycles. The largest absolute Gasteiger partial charge is 0.478 e. The number of carboxylic acid groups (broad SMARTS) is 1. The zero-order valence-electron chi connectivity index (χ0n) is 14.9. The van der Waals surface area contributed by atoms with Gasteiger partial charge in [-0.25, -0.2) is 4.79 Å². The molecule has 0 amide bonds. The molecular weight excluding hydrogens is 296 g/mol. The third-order valence-electron chi connectivity index (χ3n) is 3.35. The van der Waals surface area contributed by atoms with Crippen LogP contribution in [0.25, 0.3) is 0 Å². The second-order valence-corrected chi connectivity index (χ2v) is 5.58. The Morgan fingerprint density at radius 2 is 1.12 bits per heavy atom. The highest BCUT2D eigenvalue weighted by Crippen LogP contribution is 2.08. The average Bonchev–Trinajstić information content (AvgIpc) is 2.56. The maximum absolute atomic E-state index is 10.2. The number of carbonyl (C=O) groups is 1. The summed E-state index contributed by atoms with van der Waals surface area (Å²) in [6, 6.07) is 0. The lowest BCUT2D eigenvalue weighted by molar-refractivity contribution is -0.131. The topological polar surface area (TPSA) is 37.3 Å². The van der Waals surface area contributed by atoms with Gasteiger partial charge >= 0.3 is 5.97 Å². The molecule has 24 heavy (non-hydrogen) atoms. The molecule has 0 fully saturated rings. The van der Waals surface area contributed by atoms with Crippen LogP contribution in [0.4, 0.5) is 0 Å². The van der Waals surface area contributed by atoms with Gasteiger partial charge < -0.3 is 5.11 Å². The van der Waals surface area contributed by atoms with Crippen molar-refractivity contribution >= 4 is 5.97 Å². The molecule has 2 heteroatoms. The zero-order valence-corrected chi connectivity index (χ0v) is 14.9. The molecule has 0 atom stereocenters. The highest BCUT2D eigenvalue weighted by atomic mass is 16.4. The highest BCUT2D eigenvalue weighted by Gasteiger charge is 1.88. The van der Waals surface area contributed by atoms with Crippen LogP contribution in [0.1, 0.15) is 58.3 Å². The van der Waals surface area contributed by atoms with Crippen LogP contribution in [-0.4, -0.2) is 11.1 Å². The van der Waals surface area contributed by atoms with E-state index in [9.17, 15) is 4.79 Å². The van der Waals surface area contributed by atoms with E-state index in [0.29, 0.717) is 0 Å². The molecule has 0 aliphatic carbocycles. The highest BCUT2D eigenvalue weighted by molar-refractivity contribution is 5.80. The Balaban J connectivity index is 3.57. The van der Waals surface area contributed by atoms with Crippen LogP contribution in [0.3, 0.4) is 0 Å². The summed E-state index contributed by atoms with van der Waals surface area (Å²) in [6.07, 6.45) is 32.7. The molecule has 0 aromatic heterocycles. The summed E-state index contributed by atoms with van der Waals surface area (Å²) in [7, 11) is 0. The van der Waals surface area contributed by atoms with Crippen molar-refractivity contribution in [3.05, 3.63) is 72.9 Å². The van der Waals surface area contributed by atoms with E-state index in [-0.39, 0.29) is 0 Å². The van der Waals surface area contributed by atoms with Crippen LogP contribution in [0.15, 0.2) is 72.9 Å². The van der Waals surface area contributed by atoms with Crippen LogP contribution in [0.2, 0.25) is 0 Å². The number of unbranched alkanes of at least 4 members (excludes halogenated alkanes) is 7. The molecule has 0 bridgehead atoms. The van der Waals surface area contributed by atoms with Crippen molar-refractivity contribution in [2.45, 2.75) is 58.3 Å². The minimum absolute atomic E-state index is 0.936. The summed E-state index contributed by atoms with van der Waals surface area (Å²) in [4.78, 5) is 10.2. The molecule has 2 nitrogen and oxygen atoms in total. The number of aliphatic carboxylic acids is 1. The molecule has 0 saturated heterocycles. The lowest BCUT2D eigenvalue weighted by atomic mass is 10.1. The Bertz CT molecular complexity index is 462. The van der Waals surface area contributed by atoms with Crippen molar-refractivity contribution in [3.63, 3.8) is 0 Å². The third kappa shape index (κ3) is 19.9. The Hall–Kier alpha value is -2.09. The van der Waals surface area contributed by atoms with Crippen molar-refractivity contribution in [1.29, 1.82) is 0 Å². The third-order valence-corrected chi connectivity index (χ3v) is 3.35. The van der Waals surface area contributed by atoms with Crippen LogP contribution in [0, 0.1) is 0 Å². The van der Waals surface area contributed by atoms with E-state index >= 15 is 0 Å². The van der Waals surface area contributed by atoms with E-state index in [0.717, 1.165) is 12.5 Å². The molecule has 0 radical (unpaired) electrons. The van der Waals surface area contributed by atoms with E-state index in [1.807, 2.05) is 36.5 Å². The average molecular weight is 328 g/mol. The standard InChI is InChI=1S/C22H32O2/c1-2-3-4-5-6-7-8-9-10-11-12-13-14-15-16-17-18-19-20-21-22(23)24/h10-21H,2-9H2,1H3,(H,23,24)/b11-10+,13-12+,15-14-,17-16-,19-18-,21-20-. The van der Waals surface area contributed by atoms with Crippen LogP contribution in [-0.2, 0) is 4.79 Å². The summed E-state index contributed by atoms with van der Waals surface area (Å²) in [6.45, 7) is 2.25. The first-order valence-corrected chi connectivity index (χ1v) is 9.00. The number of carboxylic acids is 1. The summed E-state index contributed by atoms with van der Waals surface area (Å²) >= 11 is 0. The van der Waals surface area contributed by atoms with E-state index in [1.165, 1.54) is 51.0 Å². The van der Waals surface area contributed by atoms with Crippen LogP contribution in [0.5, 0.6) is 0 Å². The lowest BCUT2D eigenvalue weighted by Crippen LogP contribution is -1.84. The van der Waals surface area contributed by atoms with Crippen molar-refractivity contribution in [3.8, 4) is 0 Å². The summed E-state index contributed by atoms with van der Waals surface area (Å²) < 4.78 is 0. The second kappa shape index (κ2) is 19.0. The maximum Gasteiger partial charge on any atom is 0.328 e. The fourth-order valence-electron chi connectivity index (χ4n) is 2.05. The molecule has 0 aliphatic heterocycles. The molecule has 0 unspecified atom stereocenters. The van der Waals surface area contributed by atoms with Crippen molar-refractivity contribution in [2.24, 2.45) is 0 Å². The fourth-order valence-corrected chi connectivity index (χ4v) is 2.05. The number of allylic oxidation sites excluding steroid dienone is 11. The number of hydrogen-bond donors (Lipinski definition) is 1. The molecule has 0 aromatic carbocycles. The van der Waals surface area contributed by atoms with Gasteiger partial charge in [0.05, 0.1) is 0 Å². The molecule has 0 rings (SSSR count). The molecule has 0 aromatic rings. The monoisotopic (exact) mass is 328 g/mol. The maximum atomic E-state index is 10.2. The van der Waals surface area contributed by atoms with E-state index in [1.54, 1.807) is 12.2 Å². The van der Waals surface area contributed by atoms with Gasteiger partial charge in [-0.2, -0.15) is 0 Å². The van der Waals surface area contributed by atoms with Gasteiger partial charge in [0, 0.05) is 6.08 Å². The van der Waals surface area contributed by atoms with Gasteiger partial charge in [0.2, 0.25) is 0 Å². The van der Waals surface area contributed by atoms with Gasteiger partial charge in [-0.15, -0.1) is 0 Å². The van der Waals surface area contributed by atoms with Crippen molar-refractivity contribution < 1.29 is 9.90 Å². The number of hydrogen-bond acceptors (Lipinski definition) is 1. The van der Waals surface area contributed by atoms with Crippen molar-refractivity contribution in [2.75, 3.05) is 0 Å². The second-order valence-electron chi connectivity index (χ2n) is 5.58. The SMILES string of the molecule is CCCCCCCCC/C=C/C=C/C=C\C=C/C=C\C=C/C(=O)O. The minimum atomic E-state index is -0.936.